The molecular formula is C31H32F2N8O2. The lowest BCUT2D eigenvalue weighted by atomic mass is 10.1. The third-order valence-corrected chi connectivity index (χ3v) is 8.06. The Bertz CT molecular complexity index is 1690. The van der Waals surface area contributed by atoms with Crippen molar-refractivity contribution in [2.45, 2.75) is 25.8 Å². The number of benzene rings is 2. The molecule has 2 aromatic carbocycles. The maximum atomic E-state index is 15.0. The number of hydrogen-bond acceptors (Lipinski definition) is 8. The Hall–Kier alpha value is -4.60. The van der Waals surface area contributed by atoms with Gasteiger partial charge in [-0.05, 0) is 62.2 Å². The number of carbonyl (C=O) groups is 1. The van der Waals surface area contributed by atoms with Crippen molar-refractivity contribution < 1.29 is 18.3 Å². The molecule has 10 nitrogen and oxygen atoms in total. The second-order valence-corrected chi connectivity index (χ2v) is 10.8. The number of aromatic nitrogens is 3. The van der Waals surface area contributed by atoms with Crippen molar-refractivity contribution in [3.8, 4) is 23.1 Å². The molecule has 2 saturated heterocycles. The van der Waals surface area contributed by atoms with Crippen molar-refractivity contribution in [2.24, 2.45) is 0 Å². The third-order valence-electron chi connectivity index (χ3n) is 8.06. The molecule has 0 bridgehead atoms. The lowest BCUT2D eigenvalue weighted by molar-refractivity contribution is 0.0627. The topological polar surface area (TPSA) is 111 Å². The monoisotopic (exact) mass is 586 g/mol. The first-order valence-corrected chi connectivity index (χ1v) is 14.4. The van der Waals surface area contributed by atoms with E-state index in [1.165, 1.54) is 37.4 Å². The summed E-state index contributed by atoms with van der Waals surface area (Å²) in [5.74, 6) is -2.18. The summed E-state index contributed by atoms with van der Waals surface area (Å²) in [6.07, 6.45) is 7.03. The number of piperazine rings is 1. The van der Waals surface area contributed by atoms with Gasteiger partial charge in [0.2, 0.25) is 5.82 Å². The Morgan fingerprint density at radius 1 is 1.16 bits per heavy atom. The second-order valence-electron chi connectivity index (χ2n) is 10.8. The van der Waals surface area contributed by atoms with Gasteiger partial charge in [-0.25, -0.2) is 14.4 Å². The molecule has 43 heavy (non-hydrogen) atoms. The van der Waals surface area contributed by atoms with Crippen LogP contribution in [-0.2, 0) is 0 Å². The maximum absolute atomic E-state index is 15.0. The summed E-state index contributed by atoms with van der Waals surface area (Å²) in [4.78, 5) is 26.5. The zero-order valence-corrected chi connectivity index (χ0v) is 23.8. The van der Waals surface area contributed by atoms with E-state index in [0.29, 0.717) is 47.5 Å². The molecule has 2 aromatic heterocycles. The number of nitrogens with zero attached hydrogens (tertiary/aromatic N) is 6. The molecule has 1 unspecified atom stereocenters. The fourth-order valence-electron chi connectivity index (χ4n) is 5.80. The number of aryl methyl sites for hydroxylation is 1. The van der Waals surface area contributed by atoms with Crippen molar-refractivity contribution in [1.82, 2.24) is 29.5 Å². The smallest absolute Gasteiger partial charge is 0.254 e. The van der Waals surface area contributed by atoms with Gasteiger partial charge in [0.25, 0.3) is 5.91 Å². The molecule has 2 aliphatic heterocycles. The molecule has 0 radical (unpaired) electrons. The first-order chi connectivity index (χ1) is 20.9. The lowest BCUT2D eigenvalue weighted by Crippen LogP contribution is -2.51. The molecular weight excluding hydrogens is 554 g/mol. The molecule has 4 heterocycles. The Balaban J connectivity index is 1.16. The van der Waals surface area contributed by atoms with Crippen LogP contribution in [0.1, 0.15) is 28.8 Å². The van der Waals surface area contributed by atoms with E-state index in [0.717, 1.165) is 31.7 Å². The van der Waals surface area contributed by atoms with Gasteiger partial charge in [-0.2, -0.15) is 9.65 Å². The summed E-state index contributed by atoms with van der Waals surface area (Å²) in [5, 5.41) is 15.5. The van der Waals surface area contributed by atoms with E-state index in [9.17, 15) is 13.6 Å². The number of carbonyl (C=O) groups excluding carboxylic acids is 1. The Morgan fingerprint density at radius 2 is 2.00 bits per heavy atom. The number of amides is 1. The molecule has 1 atom stereocenters. The predicted octanol–water partition coefficient (Wildman–Crippen LogP) is 4.14. The fraction of sp³-hybridized carbons (Fsp3) is 0.355. The molecule has 0 saturated carbocycles. The highest BCUT2D eigenvalue weighted by atomic mass is 19.2. The van der Waals surface area contributed by atoms with E-state index in [1.807, 2.05) is 30.0 Å². The molecule has 2 N–H and O–H groups in total. The van der Waals surface area contributed by atoms with Gasteiger partial charge in [0, 0.05) is 68.0 Å². The zero-order chi connectivity index (χ0) is 29.9. The van der Waals surface area contributed by atoms with Crippen molar-refractivity contribution >= 4 is 23.1 Å². The van der Waals surface area contributed by atoms with Gasteiger partial charge in [0.15, 0.2) is 29.6 Å². The average Bonchev–Trinajstić information content (AvgIpc) is 3.69. The SMILES string of the molecule is Cc1cc(Nc2nccn3c(-c4ccc(OCC#N)c(F)c4F)cnc23)ccc1C(=O)N1CCN(CC2CCCN2)CC1. The minimum Gasteiger partial charge on any atom is -0.476 e. The fourth-order valence-corrected chi connectivity index (χ4v) is 5.80. The summed E-state index contributed by atoms with van der Waals surface area (Å²) in [6.45, 7) is 6.81. The molecule has 0 spiro atoms. The summed E-state index contributed by atoms with van der Waals surface area (Å²) < 4.78 is 36.1. The number of rotatable bonds is 8. The largest absolute Gasteiger partial charge is 0.476 e. The normalized spacial score (nSPS) is 17.3. The first-order valence-electron chi connectivity index (χ1n) is 14.4. The summed E-state index contributed by atoms with van der Waals surface area (Å²) in [7, 11) is 0. The van der Waals surface area contributed by atoms with Gasteiger partial charge in [-0.15, -0.1) is 0 Å². The Labute approximate surface area is 247 Å². The zero-order valence-electron chi connectivity index (χ0n) is 23.8. The van der Waals surface area contributed by atoms with Gasteiger partial charge in [0.05, 0.1) is 11.9 Å². The van der Waals surface area contributed by atoms with E-state index in [4.69, 9.17) is 10.00 Å². The number of halogens is 2. The van der Waals surface area contributed by atoms with Gasteiger partial charge < -0.3 is 20.3 Å². The van der Waals surface area contributed by atoms with Crippen molar-refractivity contribution in [3.63, 3.8) is 0 Å². The molecule has 6 rings (SSSR count). The highest BCUT2D eigenvalue weighted by Crippen LogP contribution is 2.32. The minimum atomic E-state index is -1.18. The number of ether oxygens (including phenoxy) is 1. The minimum absolute atomic E-state index is 0.0128. The predicted molar refractivity (Wildman–Crippen MR) is 157 cm³/mol. The summed E-state index contributed by atoms with van der Waals surface area (Å²) >= 11 is 0. The van der Waals surface area contributed by atoms with Crippen LogP contribution in [0.4, 0.5) is 20.3 Å². The molecule has 222 valence electrons. The van der Waals surface area contributed by atoms with Gasteiger partial charge in [-0.1, -0.05) is 0 Å². The van der Waals surface area contributed by atoms with Crippen molar-refractivity contribution in [3.05, 3.63) is 71.7 Å². The van der Waals surface area contributed by atoms with Crippen molar-refractivity contribution in [2.75, 3.05) is 51.2 Å². The van der Waals surface area contributed by atoms with Crippen LogP contribution in [0.3, 0.4) is 0 Å². The van der Waals surface area contributed by atoms with Crippen LogP contribution in [0.5, 0.6) is 5.75 Å². The van der Waals surface area contributed by atoms with Gasteiger partial charge in [-0.3, -0.25) is 14.1 Å². The first kappa shape index (κ1) is 28.5. The summed E-state index contributed by atoms with van der Waals surface area (Å²) in [5.41, 5.74) is 2.92. The van der Waals surface area contributed by atoms with Crippen LogP contribution in [0.2, 0.25) is 0 Å². The molecule has 1 amide bonds. The molecule has 2 fully saturated rings. The second kappa shape index (κ2) is 12.3. The number of nitrogens with one attached hydrogen (secondary N) is 2. The molecule has 0 aliphatic carbocycles. The highest BCUT2D eigenvalue weighted by molar-refractivity contribution is 5.96. The van der Waals surface area contributed by atoms with E-state index in [-0.39, 0.29) is 17.2 Å². The van der Waals surface area contributed by atoms with Crippen LogP contribution in [0.15, 0.2) is 48.9 Å². The van der Waals surface area contributed by atoms with E-state index >= 15 is 0 Å². The van der Waals surface area contributed by atoms with Crippen LogP contribution in [-0.4, -0.2) is 82.0 Å². The van der Waals surface area contributed by atoms with Crippen LogP contribution < -0.4 is 15.4 Å². The van der Waals surface area contributed by atoms with Crippen LogP contribution >= 0.6 is 0 Å². The van der Waals surface area contributed by atoms with E-state index in [1.54, 1.807) is 16.7 Å². The van der Waals surface area contributed by atoms with Gasteiger partial charge >= 0.3 is 0 Å². The Kier molecular flexibility index (Phi) is 8.18. The number of imidazole rings is 1. The van der Waals surface area contributed by atoms with Crippen LogP contribution in [0, 0.1) is 29.9 Å². The molecule has 2 aliphatic rings. The van der Waals surface area contributed by atoms with Crippen LogP contribution in [0.25, 0.3) is 16.9 Å². The Morgan fingerprint density at radius 3 is 2.74 bits per heavy atom. The number of hydrogen-bond donors (Lipinski definition) is 2. The molecule has 12 heteroatoms. The molecule has 4 aromatic rings. The number of fused-ring (bicyclic) bond motifs is 1. The highest BCUT2D eigenvalue weighted by Gasteiger charge is 2.26. The van der Waals surface area contributed by atoms with Crippen molar-refractivity contribution in [1.29, 1.82) is 5.26 Å². The number of anilines is 2. The maximum Gasteiger partial charge on any atom is 0.254 e. The van der Waals surface area contributed by atoms with E-state index in [2.05, 4.69) is 25.5 Å². The number of nitriles is 1. The quantitative estimate of drug-likeness (QED) is 0.317. The van der Waals surface area contributed by atoms with Gasteiger partial charge in [0.1, 0.15) is 6.07 Å². The standard InChI is InChI=1S/C31H32F2N8O2/c1-20-17-21(4-5-23(20)31(42)40-14-12-39(13-15-40)19-22-3-2-9-35-22)38-29-30-37-18-25(41(30)11-10-36-29)24-6-7-26(43-16-8-34)28(33)27(24)32/h4-7,10-11,17-18,22,35H,2-3,9,12-16,19H2,1H3,(H,36,38). The lowest BCUT2D eigenvalue weighted by Gasteiger charge is -2.36. The summed E-state index contributed by atoms with van der Waals surface area (Å²) in [6, 6.07) is 10.5. The average molecular weight is 587 g/mol. The third kappa shape index (κ3) is 5.86. The van der Waals surface area contributed by atoms with E-state index < -0.39 is 18.2 Å².